The molecule has 1 aromatic carbocycles. The molecule has 0 spiro atoms. The highest BCUT2D eigenvalue weighted by Crippen LogP contribution is 2.24. The van der Waals surface area contributed by atoms with Gasteiger partial charge in [0.2, 0.25) is 0 Å². The number of amides is 1. The SMILES string of the molecule is Cc1cccc(N2C(=O)/C(=C\c3c(C)nn(C)c3C)NC2=S)c1. The molecule has 1 amide bonds. The highest BCUT2D eigenvalue weighted by atomic mass is 32.1. The van der Waals surface area contributed by atoms with Gasteiger partial charge >= 0.3 is 0 Å². The molecule has 6 heteroatoms. The van der Waals surface area contributed by atoms with Gasteiger partial charge in [-0.25, -0.2) is 0 Å². The summed E-state index contributed by atoms with van der Waals surface area (Å²) in [6, 6.07) is 7.72. The second kappa shape index (κ2) is 5.62. The van der Waals surface area contributed by atoms with E-state index in [4.69, 9.17) is 12.2 Å². The zero-order chi connectivity index (χ0) is 16.7. The van der Waals surface area contributed by atoms with Gasteiger partial charge in [0.1, 0.15) is 5.70 Å². The van der Waals surface area contributed by atoms with Crippen molar-refractivity contribution < 1.29 is 4.79 Å². The number of carbonyl (C=O) groups excluding carboxylic acids is 1. The summed E-state index contributed by atoms with van der Waals surface area (Å²) < 4.78 is 1.80. The number of aromatic nitrogens is 2. The maximum absolute atomic E-state index is 12.7. The number of carbonyl (C=O) groups is 1. The summed E-state index contributed by atoms with van der Waals surface area (Å²) in [4.78, 5) is 14.3. The molecule has 1 aromatic heterocycles. The summed E-state index contributed by atoms with van der Waals surface area (Å²) in [5.74, 6) is -0.150. The first kappa shape index (κ1) is 15.4. The third-order valence-corrected chi connectivity index (χ3v) is 4.28. The van der Waals surface area contributed by atoms with Gasteiger partial charge in [-0.1, -0.05) is 12.1 Å². The maximum atomic E-state index is 12.7. The Morgan fingerprint density at radius 1 is 1.26 bits per heavy atom. The Hall–Kier alpha value is -2.47. The smallest absolute Gasteiger partial charge is 0.281 e. The second-order valence-electron chi connectivity index (χ2n) is 5.68. The lowest BCUT2D eigenvalue weighted by molar-refractivity contribution is -0.113. The van der Waals surface area contributed by atoms with Gasteiger partial charge in [0.15, 0.2) is 5.11 Å². The lowest BCUT2D eigenvalue weighted by Crippen LogP contribution is -2.30. The fourth-order valence-electron chi connectivity index (χ4n) is 2.68. The lowest BCUT2D eigenvalue weighted by atomic mass is 10.1. The third-order valence-electron chi connectivity index (χ3n) is 3.99. The summed E-state index contributed by atoms with van der Waals surface area (Å²) in [7, 11) is 1.89. The van der Waals surface area contributed by atoms with Gasteiger partial charge in [-0.15, -0.1) is 0 Å². The van der Waals surface area contributed by atoms with Crippen LogP contribution in [0.25, 0.3) is 6.08 Å². The van der Waals surface area contributed by atoms with Crippen molar-refractivity contribution in [2.45, 2.75) is 20.8 Å². The van der Waals surface area contributed by atoms with E-state index in [0.29, 0.717) is 10.8 Å². The van der Waals surface area contributed by atoms with Crippen molar-refractivity contribution in [1.29, 1.82) is 0 Å². The van der Waals surface area contributed by atoms with Crippen molar-refractivity contribution in [2.24, 2.45) is 7.05 Å². The van der Waals surface area contributed by atoms with E-state index in [1.165, 1.54) is 4.90 Å². The molecule has 1 aliphatic rings. The van der Waals surface area contributed by atoms with Crippen LogP contribution in [0.3, 0.4) is 0 Å². The molecule has 0 atom stereocenters. The van der Waals surface area contributed by atoms with E-state index >= 15 is 0 Å². The molecular weight excluding hydrogens is 308 g/mol. The summed E-state index contributed by atoms with van der Waals surface area (Å²) >= 11 is 5.34. The normalized spacial score (nSPS) is 16.3. The first-order chi connectivity index (χ1) is 10.9. The van der Waals surface area contributed by atoms with Gasteiger partial charge in [-0.05, 0) is 56.8 Å². The van der Waals surface area contributed by atoms with Gasteiger partial charge in [0, 0.05) is 18.3 Å². The molecule has 1 aliphatic heterocycles. The van der Waals surface area contributed by atoms with Crippen molar-refractivity contribution >= 4 is 35.0 Å². The molecule has 1 fully saturated rings. The van der Waals surface area contributed by atoms with Crippen LogP contribution < -0.4 is 10.2 Å². The molecule has 1 N–H and O–H groups in total. The predicted molar refractivity (Wildman–Crippen MR) is 95.1 cm³/mol. The second-order valence-corrected chi connectivity index (χ2v) is 6.06. The molecule has 3 rings (SSSR count). The molecule has 0 saturated carbocycles. The number of aryl methyl sites for hydroxylation is 3. The van der Waals surface area contributed by atoms with E-state index in [1.807, 2.05) is 58.2 Å². The van der Waals surface area contributed by atoms with Crippen LogP contribution in [-0.4, -0.2) is 20.8 Å². The largest absolute Gasteiger partial charge is 0.327 e. The molecule has 0 aliphatic carbocycles. The average Bonchev–Trinajstić information content (AvgIpc) is 2.90. The Morgan fingerprint density at radius 2 is 2.00 bits per heavy atom. The molecule has 2 aromatic rings. The van der Waals surface area contributed by atoms with Crippen molar-refractivity contribution in [2.75, 3.05) is 4.90 Å². The zero-order valence-electron chi connectivity index (χ0n) is 13.5. The third kappa shape index (κ3) is 2.66. The zero-order valence-corrected chi connectivity index (χ0v) is 14.4. The predicted octanol–water partition coefficient (Wildman–Crippen LogP) is 2.61. The van der Waals surface area contributed by atoms with Gasteiger partial charge < -0.3 is 5.32 Å². The lowest BCUT2D eigenvalue weighted by Gasteiger charge is -2.14. The number of rotatable bonds is 2. The van der Waals surface area contributed by atoms with E-state index in [1.54, 1.807) is 4.68 Å². The van der Waals surface area contributed by atoms with Crippen molar-refractivity contribution in [1.82, 2.24) is 15.1 Å². The first-order valence-corrected chi connectivity index (χ1v) is 7.73. The van der Waals surface area contributed by atoms with Gasteiger partial charge in [0.25, 0.3) is 5.91 Å². The minimum absolute atomic E-state index is 0.150. The number of nitrogens with zero attached hydrogens (tertiary/aromatic N) is 3. The number of hydrogen-bond donors (Lipinski definition) is 1. The van der Waals surface area contributed by atoms with Crippen LogP contribution in [0.5, 0.6) is 0 Å². The Bertz CT molecular complexity index is 850. The van der Waals surface area contributed by atoms with Crippen molar-refractivity contribution in [3.8, 4) is 0 Å². The average molecular weight is 326 g/mol. The van der Waals surface area contributed by atoms with Crippen LogP contribution in [0, 0.1) is 20.8 Å². The van der Waals surface area contributed by atoms with Crippen LogP contribution >= 0.6 is 12.2 Å². The molecular formula is C17H18N4OS. The highest BCUT2D eigenvalue weighted by Gasteiger charge is 2.32. The minimum Gasteiger partial charge on any atom is -0.327 e. The summed E-state index contributed by atoms with van der Waals surface area (Å²) in [6.07, 6.45) is 1.82. The molecule has 23 heavy (non-hydrogen) atoms. The Labute approximate surface area is 140 Å². The highest BCUT2D eigenvalue weighted by molar-refractivity contribution is 7.80. The minimum atomic E-state index is -0.150. The van der Waals surface area contributed by atoms with Crippen LogP contribution in [0.2, 0.25) is 0 Å². The van der Waals surface area contributed by atoms with Crippen molar-refractivity contribution in [3.05, 3.63) is 52.5 Å². The van der Waals surface area contributed by atoms with Crippen molar-refractivity contribution in [3.63, 3.8) is 0 Å². The number of nitrogens with one attached hydrogen (secondary N) is 1. The van der Waals surface area contributed by atoms with Crippen LogP contribution in [-0.2, 0) is 11.8 Å². The van der Waals surface area contributed by atoms with E-state index in [9.17, 15) is 4.79 Å². The number of thiocarbonyl (C=S) groups is 1. The monoisotopic (exact) mass is 326 g/mol. The van der Waals surface area contributed by atoms with E-state index in [0.717, 1.165) is 28.2 Å². The quantitative estimate of drug-likeness (QED) is 0.681. The topological polar surface area (TPSA) is 50.2 Å². The first-order valence-electron chi connectivity index (χ1n) is 7.32. The molecule has 0 radical (unpaired) electrons. The van der Waals surface area contributed by atoms with Gasteiger partial charge in [-0.2, -0.15) is 5.10 Å². The van der Waals surface area contributed by atoms with Crippen LogP contribution in [0.15, 0.2) is 30.0 Å². The van der Waals surface area contributed by atoms with Gasteiger partial charge in [0.05, 0.1) is 11.4 Å². The molecule has 5 nitrogen and oxygen atoms in total. The molecule has 0 unspecified atom stereocenters. The molecule has 118 valence electrons. The summed E-state index contributed by atoms with van der Waals surface area (Å²) in [6.45, 7) is 5.89. The standard InChI is InChI=1S/C17H18N4OS/c1-10-6-5-7-13(8-10)21-16(22)15(18-17(21)23)9-14-11(2)19-20(4)12(14)3/h5-9H,1-4H3,(H,18,23)/b15-9+. The number of benzene rings is 1. The molecule has 0 bridgehead atoms. The van der Waals surface area contributed by atoms with Gasteiger partial charge in [-0.3, -0.25) is 14.4 Å². The van der Waals surface area contributed by atoms with E-state index in [2.05, 4.69) is 10.4 Å². The van der Waals surface area contributed by atoms with E-state index in [-0.39, 0.29) is 5.91 Å². The fourth-order valence-corrected chi connectivity index (χ4v) is 2.98. The Kier molecular flexibility index (Phi) is 3.77. The summed E-state index contributed by atoms with van der Waals surface area (Å²) in [5, 5.41) is 7.78. The summed E-state index contributed by atoms with van der Waals surface area (Å²) in [5.41, 5.74) is 5.15. The number of anilines is 1. The van der Waals surface area contributed by atoms with Crippen LogP contribution in [0.1, 0.15) is 22.5 Å². The number of hydrogen-bond acceptors (Lipinski definition) is 3. The Balaban J connectivity index is 2.00. The van der Waals surface area contributed by atoms with Crippen LogP contribution in [0.4, 0.5) is 5.69 Å². The Morgan fingerprint density at radius 3 is 2.61 bits per heavy atom. The molecule has 2 heterocycles. The molecule has 1 saturated heterocycles. The van der Waals surface area contributed by atoms with E-state index < -0.39 is 0 Å². The maximum Gasteiger partial charge on any atom is 0.281 e. The fraction of sp³-hybridized carbons (Fsp3) is 0.235.